The minimum absolute atomic E-state index is 0.0832. The fourth-order valence-corrected chi connectivity index (χ4v) is 3.22. The predicted molar refractivity (Wildman–Crippen MR) is 87.1 cm³/mol. The van der Waals surface area contributed by atoms with Gasteiger partial charge in [-0.1, -0.05) is 47.8 Å². The van der Waals surface area contributed by atoms with Crippen molar-refractivity contribution in [2.75, 3.05) is 13.1 Å². The molecule has 0 N–H and O–H groups in total. The zero-order chi connectivity index (χ0) is 15.4. The number of rotatable bonds is 3. The SMILES string of the molecule is O=C([C@@H]1CC(Cc2ccccc2Cl)=NO1)N1CCCCCC1. The van der Waals surface area contributed by atoms with E-state index in [1.165, 1.54) is 12.8 Å². The van der Waals surface area contributed by atoms with Crippen molar-refractivity contribution in [3.05, 3.63) is 34.9 Å². The van der Waals surface area contributed by atoms with E-state index < -0.39 is 6.10 Å². The van der Waals surface area contributed by atoms with Crippen molar-refractivity contribution < 1.29 is 9.63 Å². The van der Waals surface area contributed by atoms with Gasteiger partial charge in [0.25, 0.3) is 5.91 Å². The zero-order valence-electron chi connectivity index (χ0n) is 12.6. The van der Waals surface area contributed by atoms with Gasteiger partial charge in [0.2, 0.25) is 6.10 Å². The molecule has 2 aliphatic heterocycles. The van der Waals surface area contributed by atoms with Crippen LogP contribution in [0.3, 0.4) is 0 Å². The second kappa shape index (κ2) is 7.14. The molecule has 1 saturated heterocycles. The summed E-state index contributed by atoms with van der Waals surface area (Å²) >= 11 is 6.17. The van der Waals surface area contributed by atoms with Gasteiger partial charge in [-0.05, 0) is 24.5 Å². The molecule has 1 aromatic carbocycles. The molecule has 0 unspecified atom stereocenters. The number of hydrogen-bond acceptors (Lipinski definition) is 3. The fourth-order valence-electron chi connectivity index (χ4n) is 3.02. The first kappa shape index (κ1) is 15.3. The maximum absolute atomic E-state index is 12.5. The summed E-state index contributed by atoms with van der Waals surface area (Å²) in [5, 5.41) is 4.83. The molecule has 3 rings (SSSR count). The third-order valence-corrected chi connectivity index (χ3v) is 4.64. The van der Waals surface area contributed by atoms with Crippen LogP contribution in [0.1, 0.15) is 37.7 Å². The summed E-state index contributed by atoms with van der Waals surface area (Å²) in [6.45, 7) is 1.69. The topological polar surface area (TPSA) is 41.9 Å². The highest BCUT2D eigenvalue weighted by atomic mass is 35.5. The Morgan fingerprint density at radius 1 is 1.23 bits per heavy atom. The van der Waals surface area contributed by atoms with Gasteiger partial charge >= 0.3 is 0 Å². The summed E-state index contributed by atoms with van der Waals surface area (Å²) in [4.78, 5) is 19.8. The molecule has 0 bridgehead atoms. The summed E-state index contributed by atoms with van der Waals surface area (Å²) in [5.41, 5.74) is 1.91. The highest BCUT2D eigenvalue weighted by Gasteiger charge is 2.32. The molecule has 1 aromatic rings. The van der Waals surface area contributed by atoms with E-state index in [0.717, 1.165) is 42.2 Å². The maximum Gasteiger partial charge on any atom is 0.266 e. The first-order chi connectivity index (χ1) is 10.7. The third-order valence-electron chi connectivity index (χ3n) is 4.28. The second-order valence-corrected chi connectivity index (χ2v) is 6.37. The Kier molecular flexibility index (Phi) is 4.98. The van der Waals surface area contributed by atoms with Crippen LogP contribution in [0.15, 0.2) is 29.4 Å². The summed E-state index contributed by atoms with van der Waals surface area (Å²) in [6.07, 6.45) is 5.37. The molecule has 0 radical (unpaired) electrons. The average Bonchev–Trinajstić information content (AvgIpc) is 2.82. The average molecular weight is 321 g/mol. The molecule has 1 amide bonds. The van der Waals surface area contributed by atoms with Gasteiger partial charge < -0.3 is 9.74 Å². The summed E-state index contributed by atoms with van der Waals surface area (Å²) < 4.78 is 0. The quantitative estimate of drug-likeness (QED) is 0.856. The van der Waals surface area contributed by atoms with Gasteiger partial charge in [-0.25, -0.2) is 0 Å². The lowest BCUT2D eigenvalue weighted by atomic mass is 10.0. The van der Waals surface area contributed by atoms with Crippen molar-refractivity contribution in [1.29, 1.82) is 0 Å². The fraction of sp³-hybridized carbons (Fsp3) is 0.529. The van der Waals surface area contributed by atoms with E-state index >= 15 is 0 Å². The van der Waals surface area contributed by atoms with Crippen LogP contribution >= 0.6 is 11.6 Å². The van der Waals surface area contributed by atoms with Crippen molar-refractivity contribution in [3.63, 3.8) is 0 Å². The maximum atomic E-state index is 12.5. The summed E-state index contributed by atoms with van der Waals surface area (Å²) in [5.74, 6) is 0.0832. The Balaban J connectivity index is 1.57. The van der Waals surface area contributed by atoms with Gasteiger partial charge in [0, 0.05) is 31.0 Å². The Labute approximate surface area is 136 Å². The molecule has 0 aromatic heterocycles. The normalized spacial score (nSPS) is 22.0. The Hall–Kier alpha value is -1.55. The Bertz CT molecular complexity index is 566. The molecule has 2 heterocycles. The first-order valence-corrected chi connectivity index (χ1v) is 8.35. The molecule has 1 fully saturated rings. The lowest BCUT2D eigenvalue weighted by Crippen LogP contribution is -2.39. The number of carbonyl (C=O) groups is 1. The van der Waals surface area contributed by atoms with Crippen molar-refractivity contribution in [3.8, 4) is 0 Å². The molecule has 2 aliphatic rings. The lowest BCUT2D eigenvalue weighted by Gasteiger charge is -2.22. The molecular formula is C17H21ClN2O2. The molecule has 0 aliphatic carbocycles. The lowest BCUT2D eigenvalue weighted by molar-refractivity contribution is -0.142. The highest BCUT2D eigenvalue weighted by molar-refractivity contribution is 6.31. The Morgan fingerprint density at radius 3 is 2.68 bits per heavy atom. The number of benzene rings is 1. The molecular weight excluding hydrogens is 300 g/mol. The summed E-state index contributed by atoms with van der Waals surface area (Å²) in [6, 6.07) is 7.71. The molecule has 1 atom stereocenters. The predicted octanol–water partition coefficient (Wildman–Crippen LogP) is 3.43. The van der Waals surface area contributed by atoms with E-state index in [1.54, 1.807) is 0 Å². The third kappa shape index (κ3) is 3.61. The van der Waals surface area contributed by atoms with Gasteiger partial charge in [-0.2, -0.15) is 0 Å². The van der Waals surface area contributed by atoms with Crippen LogP contribution in [0.5, 0.6) is 0 Å². The van der Waals surface area contributed by atoms with Gasteiger partial charge in [0.1, 0.15) is 0 Å². The molecule has 4 nitrogen and oxygen atoms in total. The number of halogens is 1. The van der Waals surface area contributed by atoms with E-state index in [1.807, 2.05) is 29.2 Å². The van der Waals surface area contributed by atoms with Crippen LogP contribution in [0, 0.1) is 0 Å². The minimum atomic E-state index is -0.449. The highest BCUT2D eigenvalue weighted by Crippen LogP contribution is 2.22. The van der Waals surface area contributed by atoms with Crippen LogP contribution in [0.25, 0.3) is 0 Å². The van der Waals surface area contributed by atoms with Crippen molar-refractivity contribution >= 4 is 23.2 Å². The number of oxime groups is 1. The van der Waals surface area contributed by atoms with Gasteiger partial charge in [-0.15, -0.1) is 0 Å². The standard InChI is InChI=1S/C17H21ClN2O2/c18-15-8-4-3-7-13(15)11-14-12-16(22-19-14)17(21)20-9-5-1-2-6-10-20/h3-4,7-8,16H,1-2,5-6,9-12H2/t16-/m0/s1. The molecule has 0 spiro atoms. The molecule has 22 heavy (non-hydrogen) atoms. The van der Waals surface area contributed by atoms with Gasteiger partial charge in [-0.3, -0.25) is 4.79 Å². The number of carbonyl (C=O) groups excluding carboxylic acids is 1. The van der Waals surface area contributed by atoms with E-state index in [0.29, 0.717) is 12.8 Å². The van der Waals surface area contributed by atoms with E-state index in [-0.39, 0.29) is 5.91 Å². The van der Waals surface area contributed by atoms with Crippen LogP contribution in [0.4, 0.5) is 0 Å². The number of hydrogen-bond donors (Lipinski definition) is 0. The smallest absolute Gasteiger partial charge is 0.266 e. The Morgan fingerprint density at radius 2 is 1.95 bits per heavy atom. The van der Waals surface area contributed by atoms with Crippen molar-refractivity contribution in [2.45, 2.75) is 44.6 Å². The summed E-state index contributed by atoms with van der Waals surface area (Å²) in [7, 11) is 0. The molecule has 118 valence electrons. The van der Waals surface area contributed by atoms with E-state index in [4.69, 9.17) is 16.4 Å². The van der Waals surface area contributed by atoms with Gasteiger partial charge in [0.05, 0.1) is 5.71 Å². The van der Waals surface area contributed by atoms with E-state index in [2.05, 4.69) is 5.16 Å². The molecule has 5 heteroatoms. The van der Waals surface area contributed by atoms with Gasteiger partial charge in [0.15, 0.2) is 0 Å². The zero-order valence-corrected chi connectivity index (χ0v) is 13.4. The largest absolute Gasteiger partial charge is 0.382 e. The monoisotopic (exact) mass is 320 g/mol. The van der Waals surface area contributed by atoms with Crippen LogP contribution in [-0.4, -0.2) is 35.7 Å². The number of nitrogens with zero attached hydrogens (tertiary/aromatic N) is 2. The second-order valence-electron chi connectivity index (χ2n) is 5.96. The van der Waals surface area contributed by atoms with Crippen molar-refractivity contribution in [1.82, 2.24) is 4.90 Å². The first-order valence-electron chi connectivity index (χ1n) is 7.98. The van der Waals surface area contributed by atoms with Crippen molar-refractivity contribution in [2.24, 2.45) is 5.16 Å². The van der Waals surface area contributed by atoms with Crippen LogP contribution < -0.4 is 0 Å². The van der Waals surface area contributed by atoms with E-state index in [9.17, 15) is 4.79 Å². The number of likely N-dealkylation sites (tertiary alicyclic amines) is 1. The minimum Gasteiger partial charge on any atom is -0.382 e. The molecule has 0 saturated carbocycles. The van der Waals surface area contributed by atoms with Crippen LogP contribution in [-0.2, 0) is 16.1 Å². The van der Waals surface area contributed by atoms with Crippen LogP contribution in [0.2, 0.25) is 5.02 Å². The number of amides is 1.